The van der Waals surface area contributed by atoms with Gasteiger partial charge in [0.1, 0.15) is 29.6 Å². The Morgan fingerprint density at radius 1 is 1.13 bits per heavy atom. The molecule has 10 heteroatoms. The summed E-state index contributed by atoms with van der Waals surface area (Å²) in [6.07, 6.45) is 3.00. The second-order valence-corrected chi connectivity index (χ2v) is 8.55. The van der Waals surface area contributed by atoms with Gasteiger partial charge >= 0.3 is 0 Å². The number of hydrogen-bond donors (Lipinski definition) is 2. The smallest absolute Gasteiger partial charge is 0.227 e. The predicted molar refractivity (Wildman–Crippen MR) is 113 cm³/mol. The average molecular weight is 447 g/mol. The Balaban J connectivity index is 1.78. The van der Waals surface area contributed by atoms with Crippen molar-refractivity contribution in [2.75, 3.05) is 31.6 Å². The summed E-state index contributed by atoms with van der Waals surface area (Å²) >= 11 is 0. The van der Waals surface area contributed by atoms with Crippen LogP contribution in [0.2, 0.25) is 0 Å². The maximum Gasteiger partial charge on any atom is 0.227 e. The fraction of sp³-hybridized carbons (Fsp3) is 0.238. The zero-order valence-electron chi connectivity index (χ0n) is 16.7. The second-order valence-electron chi connectivity index (χ2n) is 6.88. The third kappa shape index (κ3) is 5.33. The van der Waals surface area contributed by atoms with Gasteiger partial charge in [0.2, 0.25) is 5.95 Å². The molecule has 3 N–H and O–H groups in total. The van der Waals surface area contributed by atoms with Crippen LogP contribution in [0.5, 0.6) is 11.5 Å². The van der Waals surface area contributed by atoms with Crippen LogP contribution in [-0.4, -0.2) is 36.2 Å². The van der Waals surface area contributed by atoms with Crippen LogP contribution in [0.15, 0.2) is 42.6 Å². The van der Waals surface area contributed by atoms with E-state index in [2.05, 4.69) is 15.3 Å². The van der Waals surface area contributed by atoms with Crippen molar-refractivity contribution >= 4 is 22.3 Å². The maximum atomic E-state index is 14.6. The van der Waals surface area contributed by atoms with Gasteiger partial charge in [-0.3, -0.25) is 0 Å². The number of fused-ring (bicyclic) bond motifs is 6. The largest absolute Gasteiger partial charge is 0.491 e. The van der Waals surface area contributed by atoms with Gasteiger partial charge in [0, 0.05) is 40.3 Å². The van der Waals surface area contributed by atoms with Crippen molar-refractivity contribution in [3.05, 3.63) is 59.8 Å². The Bertz CT molecular complexity index is 1130. The minimum absolute atomic E-state index is 0.0212. The lowest BCUT2D eigenvalue weighted by Gasteiger charge is -2.13. The predicted octanol–water partition coefficient (Wildman–Crippen LogP) is 2.60. The second kappa shape index (κ2) is 9.36. The number of halogens is 2. The number of ether oxygens (including phenoxy) is 3. The van der Waals surface area contributed by atoms with Gasteiger partial charge in [-0.1, -0.05) is 0 Å². The molecule has 2 heterocycles. The first-order chi connectivity index (χ1) is 15.0. The van der Waals surface area contributed by atoms with Crippen molar-refractivity contribution in [1.29, 1.82) is 0 Å². The van der Waals surface area contributed by atoms with Gasteiger partial charge in [-0.05, 0) is 29.8 Å². The van der Waals surface area contributed by atoms with Gasteiger partial charge in [-0.15, -0.1) is 0 Å². The summed E-state index contributed by atoms with van der Waals surface area (Å²) in [4.78, 5) is 8.32. The van der Waals surface area contributed by atoms with E-state index in [1.807, 2.05) is 18.4 Å². The number of anilines is 2. The summed E-state index contributed by atoms with van der Waals surface area (Å²) in [6.45, 7) is 0.366. The van der Waals surface area contributed by atoms with Crippen molar-refractivity contribution in [2.45, 2.75) is 5.75 Å². The zero-order valence-corrected chi connectivity index (χ0v) is 17.5. The number of rotatable bonds is 2. The van der Waals surface area contributed by atoms with Gasteiger partial charge in [0.15, 0.2) is 12.6 Å². The van der Waals surface area contributed by atoms with Crippen LogP contribution >= 0.6 is 0 Å². The van der Waals surface area contributed by atoms with Gasteiger partial charge in [-0.2, -0.15) is 0 Å². The van der Waals surface area contributed by atoms with E-state index in [0.717, 1.165) is 17.8 Å². The Hall–Kier alpha value is -3.11. The molecule has 3 aromatic rings. The molecule has 1 atom stereocenters. The molecule has 0 radical (unpaired) electrons. The van der Waals surface area contributed by atoms with E-state index in [9.17, 15) is 8.78 Å². The fourth-order valence-corrected chi connectivity index (χ4v) is 3.79. The quantitative estimate of drug-likeness (QED) is 0.628. The molecule has 1 unspecified atom stereocenters. The monoisotopic (exact) mass is 447 g/mol. The Morgan fingerprint density at radius 2 is 2.00 bits per heavy atom. The molecule has 0 amide bonds. The molecule has 0 fully saturated rings. The molecule has 2 aromatic carbocycles. The minimum Gasteiger partial charge on any atom is -0.491 e. The van der Waals surface area contributed by atoms with Crippen LogP contribution in [0, 0.1) is 11.6 Å². The number of nitrogens with two attached hydrogens (primary N) is 1. The molecule has 0 aliphatic carbocycles. The van der Waals surface area contributed by atoms with E-state index in [1.165, 1.54) is 12.1 Å². The lowest BCUT2D eigenvalue weighted by atomic mass is 10.1. The van der Waals surface area contributed by atoms with E-state index in [4.69, 9.17) is 19.0 Å². The summed E-state index contributed by atoms with van der Waals surface area (Å²) in [5, 5.41) is 3.08. The molecule has 0 saturated heterocycles. The van der Waals surface area contributed by atoms with Crippen LogP contribution < -0.4 is 19.6 Å². The van der Waals surface area contributed by atoms with Crippen LogP contribution in [-0.2, 0) is 21.2 Å². The summed E-state index contributed by atoms with van der Waals surface area (Å²) in [7, 11) is -0.301. The van der Waals surface area contributed by atoms with E-state index in [-0.39, 0.29) is 53.7 Å². The normalized spacial score (nSPS) is 14.7. The standard InChI is InChI=1S/C21H20F2N4O3S/c1-31(24)11-13-6-15-9-16(7-13)29-5-4-28-12-30-19-8-14(22)2-3-17(19)20-18(23)10-25-21(26-15)27-20/h2-3,6-10,24H,4-5,11-12H2,1H3,(H,25,26,27)/p+1. The van der Waals surface area contributed by atoms with Crippen LogP contribution in [0.3, 0.4) is 0 Å². The summed E-state index contributed by atoms with van der Waals surface area (Å²) in [5.41, 5.74) is 1.91. The van der Waals surface area contributed by atoms with Crippen LogP contribution in [0.1, 0.15) is 5.56 Å². The summed E-state index contributed by atoms with van der Waals surface area (Å²) in [6, 6.07) is 9.39. The molecule has 1 aliphatic heterocycles. The maximum absolute atomic E-state index is 14.6. The molecule has 4 rings (SSSR count). The third-order valence-electron chi connectivity index (χ3n) is 4.35. The van der Waals surface area contributed by atoms with Crippen molar-refractivity contribution in [2.24, 2.45) is 0 Å². The lowest BCUT2D eigenvalue weighted by molar-refractivity contribution is -0.0751. The Morgan fingerprint density at radius 3 is 2.84 bits per heavy atom. The molecule has 31 heavy (non-hydrogen) atoms. The van der Waals surface area contributed by atoms with Crippen LogP contribution in [0.4, 0.5) is 20.4 Å². The average Bonchev–Trinajstić information content (AvgIpc) is 2.71. The number of hydrogen-bond acceptors (Lipinski definition) is 6. The highest BCUT2D eigenvalue weighted by atomic mass is 32.2. The Labute approximate surface area is 180 Å². The topological polar surface area (TPSA) is 91.1 Å². The van der Waals surface area contributed by atoms with E-state index < -0.39 is 11.6 Å². The van der Waals surface area contributed by atoms with Crippen molar-refractivity contribution in [1.82, 2.24) is 9.97 Å². The fourth-order valence-electron chi connectivity index (χ4n) is 3.10. The summed E-state index contributed by atoms with van der Waals surface area (Å²) in [5.74, 6) is 0.390. The molecule has 1 aromatic heterocycles. The van der Waals surface area contributed by atoms with Crippen LogP contribution in [0.25, 0.3) is 11.3 Å². The van der Waals surface area contributed by atoms with Gasteiger partial charge in [0.05, 0.1) is 18.6 Å². The summed E-state index contributed by atoms with van der Waals surface area (Å²) < 4.78 is 51.1. The van der Waals surface area contributed by atoms with Crippen molar-refractivity contribution in [3.63, 3.8) is 0 Å². The highest BCUT2D eigenvalue weighted by Gasteiger charge is 2.17. The van der Waals surface area contributed by atoms with Crippen molar-refractivity contribution < 1.29 is 27.8 Å². The first-order valence-electron chi connectivity index (χ1n) is 9.41. The number of benzene rings is 2. The van der Waals surface area contributed by atoms with E-state index in [1.54, 1.807) is 6.07 Å². The number of nitrogens with zero attached hydrogens (tertiary/aromatic N) is 2. The van der Waals surface area contributed by atoms with Crippen molar-refractivity contribution in [3.8, 4) is 22.8 Å². The number of aromatic nitrogens is 2. The van der Waals surface area contributed by atoms with E-state index >= 15 is 0 Å². The first-order valence-corrected chi connectivity index (χ1v) is 11.3. The highest BCUT2D eigenvalue weighted by molar-refractivity contribution is 7.82. The molecule has 0 spiro atoms. The molecule has 0 saturated carbocycles. The molecular weight excluding hydrogens is 426 g/mol. The first kappa shape index (κ1) is 21.1. The zero-order chi connectivity index (χ0) is 21.8. The molecule has 162 valence electrons. The van der Waals surface area contributed by atoms with Gasteiger partial charge < -0.3 is 19.5 Å². The molecule has 7 nitrogen and oxygen atoms in total. The molecule has 4 bridgehead atoms. The van der Waals surface area contributed by atoms with E-state index in [0.29, 0.717) is 17.2 Å². The lowest BCUT2D eigenvalue weighted by Crippen LogP contribution is -2.34. The SMILES string of the molecule is CS(=[NH2+])Cc1cc2cc(c1)OCCOCOc1cc(F)ccc1-c1nc(ncc1F)N2. The molecule has 1 aliphatic rings. The number of nitrogens with one attached hydrogen (secondary N) is 1. The third-order valence-corrected chi connectivity index (χ3v) is 5.14. The highest BCUT2D eigenvalue weighted by Crippen LogP contribution is 2.32. The molecular formula is C21H21F2N4O3S+. The van der Waals surface area contributed by atoms with Gasteiger partial charge in [-0.25, -0.2) is 23.5 Å². The van der Waals surface area contributed by atoms with Gasteiger partial charge in [0.25, 0.3) is 0 Å². The minimum atomic E-state index is -0.664. The Kier molecular flexibility index (Phi) is 6.38.